The molecule has 1 unspecified atom stereocenters. The van der Waals surface area contributed by atoms with E-state index in [1.54, 1.807) is 12.3 Å². The molecule has 1 aliphatic heterocycles. The highest BCUT2D eigenvalue weighted by atomic mass is 19.1. The first-order chi connectivity index (χ1) is 13.7. The van der Waals surface area contributed by atoms with E-state index in [0.717, 1.165) is 35.6 Å². The lowest BCUT2D eigenvalue weighted by molar-refractivity contribution is 0.197. The molecule has 5 rings (SSSR count). The van der Waals surface area contributed by atoms with E-state index < -0.39 is 0 Å². The number of ether oxygens (including phenoxy) is 1. The second-order valence-corrected chi connectivity index (χ2v) is 7.12. The number of halogens is 1. The minimum Gasteiger partial charge on any atom is -0.494 e. The fourth-order valence-corrected chi connectivity index (χ4v) is 4.26. The molecule has 0 spiro atoms. The van der Waals surface area contributed by atoms with Gasteiger partial charge in [-0.2, -0.15) is 0 Å². The van der Waals surface area contributed by atoms with Gasteiger partial charge in [-0.05, 0) is 35.7 Å². The third kappa shape index (κ3) is 2.77. The topological polar surface area (TPSA) is 56.9 Å². The summed E-state index contributed by atoms with van der Waals surface area (Å²) in [5.41, 5.74) is 4.62. The van der Waals surface area contributed by atoms with E-state index in [-0.39, 0.29) is 17.6 Å². The normalized spacial score (nSPS) is 17.0. The number of methoxy groups -OCH3 is 1. The standard InChI is InChI=1S/C22H21FN4O/c1-28-19-12-14(6-7-17(19)23)22-21-16(15-4-2-3-5-18(15)26-21)8-11-27(22)13-20-24-9-10-25-20/h2-7,9-10,12,22,26H,8,11,13H2,1H3,(H,24,25). The average molecular weight is 376 g/mol. The number of imidazole rings is 1. The quantitative estimate of drug-likeness (QED) is 0.562. The predicted molar refractivity (Wildman–Crippen MR) is 106 cm³/mol. The number of aromatic nitrogens is 3. The molecular weight excluding hydrogens is 355 g/mol. The van der Waals surface area contributed by atoms with Gasteiger partial charge in [-0.15, -0.1) is 0 Å². The van der Waals surface area contributed by atoms with Gasteiger partial charge < -0.3 is 14.7 Å². The van der Waals surface area contributed by atoms with Crippen molar-refractivity contribution in [3.05, 3.63) is 83.3 Å². The van der Waals surface area contributed by atoms with E-state index in [4.69, 9.17) is 4.74 Å². The van der Waals surface area contributed by atoms with Crippen molar-refractivity contribution in [2.45, 2.75) is 19.0 Å². The number of H-pyrrole nitrogens is 2. The van der Waals surface area contributed by atoms with Gasteiger partial charge in [0, 0.05) is 35.5 Å². The third-order valence-electron chi connectivity index (χ3n) is 5.53. The van der Waals surface area contributed by atoms with Gasteiger partial charge in [0.05, 0.1) is 19.7 Å². The van der Waals surface area contributed by atoms with Crippen molar-refractivity contribution in [2.24, 2.45) is 0 Å². The number of nitrogens with zero attached hydrogens (tertiary/aromatic N) is 2. The summed E-state index contributed by atoms with van der Waals surface area (Å²) in [6, 6.07) is 13.5. The maximum atomic E-state index is 14.0. The molecule has 4 aromatic rings. The van der Waals surface area contributed by atoms with Gasteiger partial charge in [0.15, 0.2) is 11.6 Å². The number of benzene rings is 2. The fourth-order valence-electron chi connectivity index (χ4n) is 4.26. The molecule has 0 aliphatic carbocycles. The first-order valence-corrected chi connectivity index (χ1v) is 9.40. The van der Waals surface area contributed by atoms with Crippen LogP contribution >= 0.6 is 0 Å². The number of hydrogen-bond donors (Lipinski definition) is 2. The number of para-hydroxylation sites is 1. The minimum absolute atomic E-state index is 0.0317. The van der Waals surface area contributed by atoms with Crippen LogP contribution in [0.4, 0.5) is 4.39 Å². The number of fused-ring (bicyclic) bond motifs is 3. The molecule has 0 saturated heterocycles. The summed E-state index contributed by atoms with van der Waals surface area (Å²) in [6.07, 6.45) is 4.56. The fraction of sp³-hybridized carbons (Fsp3) is 0.227. The summed E-state index contributed by atoms with van der Waals surface area (Å²) in [5.74, 6) is 0.828. The van der Waals surface area contributed by atoms with Crippen LogP contribution in [0.2, 0.25) is 0 Å². The van der Waals surface area contributed by atoms with E-state index in [9.17, 15) is 4.39 Å². The molecule has 28 heavy (non-hydrogen) atoms. The van der Waals surface area contributed by atoms with Crippen LogP contribution in [-0.2, 0) is 13.0 Å². The maximum absolute atomic E-state index is 14.0. The molecule has 0 amide bonds. The first kappa shape index (κ1) is 17.0. The SMILES string of the molecule is COc1cc(C2c3[nH]c4ccccc4c3CCN2Cc2ncc[nH]2)ccc1F. The second kappa shape index (κ2) is 6.80. The highest BCUT2D eigenvalue weighted by Gasteiger charge is 2.32. The van der Waals surface area contributed by atoms with Crippen LogP contribution in [0.1, 0.15) is 28.7 Å². The Morgan fingerprint density at radius 1 is 1.25 bits per heavy atom. The van der Waals surface area contributed by atoms with Crippen molar-refractivity contribution in [2.75, 3.05) is 13.7 Å². The van der Waals surface area contributed by atoms with E-state index in [1.165, 1.54) is 24.1 Å². The summed E-state index contributed by atoms with van der Waals surface area (Å²) in [4.78, 5) is 13.6. The van der Waals surface area contributed by atoms with E-state index in [2.05, 4.69) is 38.1 Å². The van der Waals surface area contributed by atoms with Crippen LogP contribution in [-0.4, -0.2) is 33.5 Å². The molecule has 3 heterocycles. The van der Waals surface area contributed by atoms with Crippen LogP contribution in [0, 0.1) is 5.82 Å². The van der Waals surface area contributed by atoms with Crippen molar-refractivity contribution >= 4 is 10.9 Å². The zero-order valence-electron chi connectivity index (χ0n) is 15.6. The number of rotatable bonds is 4. The summed E-state index contributed by atoms with van der Waals surface area (Å²) < 4.78 is 19.3. The molecule has 142 valence electrons. The maximum Gasteiger partial charge on any atom is 0.165 e. The van der Waals surface area contributed by atoms with Crippen LogP contribution < -0.4 is 4.74 Å². The smallest absolute Gasteiger partial charge is 0.165 e. The van der Waals surface area contributed by atoms with Crippen molar-refractivity contribution in [3.8, 4) is 5.75 Å². The number of nitrogens with one attached hydrogen (secondary N) is 2. The molecule has 0 bridgehead atoms. The van der Waals surface area contributed by atoms with E-state index >= 15 is 0 Å². The molecular formula is C22H21FN4O. The van der Waals surface area contributed by atoms with Crippen LogP contribution in [0.3, 0.4) is 0 Å². The molecule has 0 saturated carbocycles. The zero-order chi connectivity index (χ0) is 19.1. The molecule has 2 aromatic heterocycles. The highest BCUT2D eigenvalue weighted by Crippen LogP contribution is 2.40. The average Bonchev–Trinajstić information content (AvgIpc) is 3.36. The molecule has 5 nitrogen and oxygen atoms in total. The summed E-state index contributed by atoms with van der Waals surface area (Å²) in [5, 5.41) is 1.26. The van der Waals surface area contributed by atoms with Crippen LogP contribution in [0.5, 0.6) is 5.75 Å². The summed E-state index contributed by atoms with van der Waals surface area (Å²) in [6.45, 7) is 1.58. The Labute approximate surface area is 162 Å². The zero-order valence-corrected chi connectivity index (χ0v) is 15.6. The number of aromatic amines is 2. The third-order valence-corrected chi connectivity index (χ3v) is 5.53. The molecule has 0 fully saturated rings. The van der Waals surface area contributed by atoms with Gasteiger partial charge in [-0.3, -0.25) is 4.90 Å². The van der Waals surface area contributed by atoms with Crippen molar-refractivity contribution in [3.63, 3.8) is 0 Å². The Balaban J connectivity index is 1.65. The van der Waals surface area contributed by atoms with Gasteiger partial charge in [-0.1, -0.05) is 24.3 Å². The molecule has 0 radical (unpaired) electrons. The lowest BCUT2D eigenvalue weighted by Gasteiger charge is -2.35. The monoisotopic (exact) mass is 376 g/mol. The predicted octanol–water partition coefficient (Wildman–Crippen LogP) is 4.19. The van der Waals surface area contributed by atoms with Gasteiger partial charge in [0.25, 0.3) is 0 Å². The van der Waals surface area contributed by atoms with Gasteiger partial charge >= 0.3 is 0 Å². The van der Waals surface area contributed by atoms with Crippen LogP contribution in [0.25, 0.3) is 10.9 Å². The summed E-state index contributed by atoms with van der Waals surface area (Å²) in [7, 11) is 1.50. The largest absolute Gasteiger partial charge is 0.494 e. The summed E-state index contributed by atoms with van der Waals surface area (Å²) >= 11 is 0. The molecule has 1 atom stereocenters. The Morgan fingerprint density at radius 2 is 2.14 bits per heavy atom. The Morgan fingerprint density at radius 3 is 2.96 bits per heavy atom. The first-order valence-electron chi connectivity index (χ1n) is 9.40. The Hall–Kier alpha value is -3.12. The van der Waals surface area contributed by atoms with E-state index in [0.29, 0.717) is 6.54 Å². The van der Waals surface area contributed by atoms with Crippen LogP contribution in [0.15, 0.2) is 54.9 Å². The molecule has 6 heteroatoms. The van der Waals surface area contributed by atoms with Gasteiger partial charge in [-0.25, -0.2) is 9.37 Å². The minimum atomic E-state index is -0.350. The lowest BCUT2D eigenvalue weighted by Crippen LogP contribution is -2.36. The van der Waals surface area contributed by atoms with E-state index in [1.807, 2.05) is 18.3 Å². The lowest BCUT2D eigenvalue weighted by atomic mass is 9.92. The molecule has 2 N–H and O–H groups in total. The van der Waals surface area contributed by atoms with Crippen molar-refractivity contribution in [1.82, 2.24) is 19.9 Å². The van der Waals surface area contributed by atoms with Gasteiger partial charge in [0.2, 0.25) is 0 Å². The van der Waals surface area contributed by atoms with Crippen molar-refractivity contribution in [1.29, 1.82) is 0 Å². The highest BCUT2D eigenvalue weighted by molar-refractivity contribution is 5.85. The van der Waals surface area contributed by atoms with Crippen molar-refractivity contribution < 1.29 is 9.13 Å². The number of hydrogen-bond acceptors (Lipinski definition) is 3. The molecule has 2 aromatic carbocycles. The Bertz CT molecular complexity index is 1120. The Kier molecular flexibility index (Phi) is 4.13. The van der Waals surface area contributed by atoms with Gasteiger partial charge in [0.1, 0.15) is 5.82 Å². The second-order valence-electron chi connectivity index (χ2n) is 7.12. The molecule has 1 aliphatic rings.